The van der Waals surface area contributed by atoms with Crippen LogP contribution in [0.15, 0.2) is 53.3 Å². The maximum absolute atomic E-state index is 12.8. The smallest absolute Gasteiger partial charge is 0.295 e. The molecule has 1 aromatic heterocycles. The molecule has 2 aromatic carbocycles. The number of para-hydroxylation sites is 1. The maximum Gasteiger partial charge on any atom is 0.295 e. The zero-order valence-corrected chi connectivity index (χ0v) is 17.6. The van der Waals surface area contributed by atoms with Crippen molar-refractivity contribution in [3.05, 3.63) is 74.6 Å². The number of carbonyl (C=O) groups is 1. The van der Waals surface area contributed by atoms with Crippen molar-refractivity contribution in [3.63, 3.8) is 0 Å². The summed E-state index contributed by atoms with van der Waals surface area (Å²) in [6.07, 6.45) is 0.688. The van der Waals surface area contributed by atoms with E-state index < -0.39 is 0 Å². The zero-order chi connectivity index (χ0) is 21.0. The summed E-state index contributed by atoms with van der Waals surface area (Å²) in [4.78, 5) is 25.1. The van der Waals surface area contributed by atoms with Gasteiger partial charge in [-0.1, -0.05) is 41.4 Å². The largest absolute Gasteiger partial charge is 0.492 e. The Bertz CT molecular complexity index is 1070. The highest BCUT2D eigenvalue weighted by Crippen LogP contribution is 2.27. The van der Waals surface area contributed by atoms with Crippen LogP contribution in [0, 0.1) is 6.92 Å². The quantitative estimate of drug-likeness (QED) is 0.554. The van der Waals surface area contributed by atoms with Crippen molar-refractivity contribution in [3.8, 4) is 11.4 Å². The van der Waals surface area contributed by atoms with Gasteiger partial charge in [0.05, 0.1) is 23.0 Å². The second-order valence-electron chi connectivity index (χ2n) is 6.51. The van der Waals surface area contributed by atoms with Gasteiger partial charge in [-0.15, -0.1) is 0 Å². The highest BCUT2D eigenvalue weighted by molar-refractivity contribution is 6.35. The van der Waals surface area contributed by atoms with E-state index in [9.17, 15) is 9.59 Å². The molecule has 0 fully saturated rings. The monoisotopic (exact) mass is 433 g/mol. The van der Waals surface area contributed by atoms with Crippen LogP contribution in [-0.4, -0.2) is 21.9 Å². The van der Waals surface area contributed by atoms with Crippen molar-refractivity contribution in [1.29, 1.82) is 0 Å². The molecular weight excluding hydrogens is 413 g/mol. The van der Waals surface area contributed by atoms with Crippen LogP contribution in [0.5, 0.6) is 5.75 Å². The first-order valence-corrected chi connectivity index (χ1v) is 9.86. The normalized spacial score (nSPS) is 10.8. The van der Waals surface area contributed by atoms with Gasteiger partial charge in [0.1, 0.15) is 11.4 Å². The van der Waals surface area contributed by atoms with Gasteiger partial charge in [-0.05, 0) is 43.7 Å². The van der Waals surface area contributed by atoms with Crippen LogP contribution in [0.3, 0.4) is 0 Å². The van der Waals surface area contributed by atoms with E-state index in [1.807, 2.05) is 30.3 Å². The van der Waals surface area contributed by atoms with Crippen LogP contribution in [-0.2, 0) is 11.8 Å². The van der Waals surface area contributed by atoms with Gasteiger partial charge in [0.15, 0.2) is 0 Å². The Morgan fingerprint density at radius 2 is 1.86 bits per heavy atom. The summed E-state index contributed by atoms with van der Waals surface area (Å²) in [5, 5.41) is 3.68. The Kier molecular flexibility index (Phi) is 6.67. The van der Waals surface area contributed by atoms with E-state index in [2.05, 4.69) is 5.32 Å². The zero-order valence-electron chi connectivity index (χ0n) is 16.1. The lowest BCUT2D eigenvalue weighted by Gasteiger charge is -2.08. The number of aromatic nitrogens is 2. The lowest BCUT2D eigenvalue weighted by atomic mass is 10.3. The molecule has 6 nitrogen and oxygen atoms in total. The van der Waals surface area contributed by atoms with E-state index in [1.54, 1.807) is 36.9 Å². The lowest BCUT2D eigenvalue weighted by molar-refractivity contribution is -0.116. The van der Waals surface area contributed by atoms with E-state index in [0.29, 0.717) is 34.5 Å². The third-order valence-corrected chi connectivity index (χ3v) is 5.05. The molecule has 0 saturated heterocycles. The van der Waals surface area contributed by atoms with Crippen molar-refractivity contribution in [2.45, 2.75) is 19.8 Å². The molecule has 0 atom stereocenters. The first kappa shape index (κ1) is 21.0. The van der Waals surface area contributed by atoms with Gasteiger partial charge in [0.2, 0.25) is 5.91 Å². The molecule has 0 aliphatic heterocycles. The number of hydrogen-bond donors (Lipinski definition) is 1. The number of hydrogen-bond acceptors (Lipinski definition) is 3. The first-order valence-electron chi connectivity index (χ1n) is 9.10. The minimum Gasteiger partial charge on any atom is -0.492 e. The summed E-state index contributed by atoms with van der Waals surface area (Å²) in [6.45, 7) is 2.11. The summed E-state index contributed by atoms with van der Waals surface area (Å²) in [6, 6.07) is 14.2. The molecule has 1 N–H and O–H groups in total. The molecule has 8 heteroatoms. The van der Waals surface area contributed by atoms with Crippen LogP contribution in [0.4, 0.5) is 5.69 Å². The van der Waals surface area contributed by atoms with Crippen LogP contribution >= 0.6 is 23.2 Å². The molecular formula is C21H21Cl2N3O3. The number of nitrogens with zero attached hydrogens (tertiary/aromatic N) is 2. The average Bonchev–Trinajstić information content (AvgIpc) is 2.90. The number of benzene rings is 2. The van der Waals surface area contributed by atoms with Gasteiger partial charge < -0.3 is 10.1 Å². The van der Waals surface area contributed by atoms with Crippen molar-refractivity contribution in [2.75, 3.05) is 11.9 Å². The fraction of sp³-hybridized carbons (Fsp3) is 0.238. The van der Waals surface area contributed by atoms with Gasteiger partial charge in [-0.3, -0.25) is 14.3 Å². The van der Waals surface area contributed by atoms with Gasteiger partial charge in [-0.2, -0.15) is 0 Å². The SMILES string of the molecule is Cc1c(NC(=O)CCCOc2ccc(Cl)cc2Cl)c(=O)n(-c2ccccc2)n1C. The molecule has 0 aliphatic rings. The predicted molar refractivity (Wildman–Crippen MR) is 116 cm³/mol. The van der Waals surface area contributed by atoms with Crippen molar-refractivity contribution >= 4 is 34.8 Å². The van der Waals surface area contributed by atoms with Crippen LogP contribution in [0.25, 0.3) is 5.69 Å². The fourth-order valence-electron chi connectivity index (χ4n) is 2.92. The molecule has 0 radical (unpaired) electrons. The van der Waals surface area contributed by atoms with E-state index in [-0.39, 0.29) is 23.6 Å². The molecule has 3 aromatic rings. The molecule has 1 amide bonds. The molecule has 0 unspecified atom stereocenters. The van der Waals surface area contributed by atoms with Crippen LogP contribution in [0.2, 0.25) is 10.0 Å². The Balaban J connectivity index is 1.60. The van der Waals surface area contributed by atoms with E-state index in [4.69, 9.17) is 27.9 Å². The first-order chi connectivity index (χ1) is 13.9. The second kappa shape index (κ2) is 9.20. The van der Waals surface area contributed by atoms with Crippen molar-refractivity contribution < 1.29 is 9.53 Å². The minimum atomic E-state index is -0.270. The van der Waals surface area contributed by atoms with E-state index in [0.717, 1.165) is 5.69 Å². The molecule has 0 bridgehead atoms. The second-order valence-corrected chi connectivity index (χ2v) is 7.36. The number of amides is 1. The van der Waals surface area contributed by atoms with E-state index in [1.165, 1.54) is 4.68 Å². The number of nitrogens with one attached hydrogen (secondary N) is 1. The molecule has 0 saturated carbocycles. The Morgan fingerprint density at radius 3 is 2.55 bits per heavy atom. The number of rotatable bonds is 7. The Hall–Kier alpha value is -2.70. The molecule has 0 spiro atoms. The summed E-state index contributed by atoms with van der Waals surface area (Å²) < 4.78 is 8.83. The molecule has 3 rings (SSSR count). The summed E-state index contributed by atoms with van der Waals surface area (Å²) >= 11 is 11.9. The number of halogens is 2. The van der Waals surface area contributed by atoms with Crippen LogP contribution in [0.1, 0.15) is 18.5 Å². The molecule has 1 heterocycles. The van der Waals surface area contributed by atoms with E-state index >= 15 is 0 Å². The van der Waals surface area contributed by atoms with Crippen molar-refractivity contribution in [1.82, 2.24) is 9.36 Å². The average molecular weight is 434 g/mol. The third-order valence-electron chi connectivity index (χ3n) is 4.52. The minimum absolute atomic E-state index is 0.213. The summed E-state index contributed by atoms with van der Waals surface area (Å²) in [7, 11) is 1.78. The van der Waals surface area contributed by atoms with Gasteiger partial charge in [0.25, 0.3) is 5.56 Å². The maximum atomic E-state index is 12.8. The number of anilines is 1. The number of carbonyl (C=O) groups excluding carboxylic acids is 1. The predicted octanol–water partition coefficient (Wildman–Crippen LogP) is 4.59. The standard InChI is InChI=1S/C21H21Cl2N3O3/c1-14-20(21(28)26(25(14)2)16-7-4-3-5-8-16)24-19(27)9-6-12-29-18-11-10-15(22)13-17(18)23/h3-5,7-8,10-11,13H,6,9,12H2,1-2H3,(H,24,27). The highest BCUT2D eigenvalue weighted by atomic mass is 35.5. The third kappa shape index (κ3) is 4.83. The van der Waals surface area contributed by atoms with Crippen LogP contribution < -0.4 is 15.6 Å². The topological polar surface area (TPSA) is 65.3 Å². The Morgan fingerprint density at radius 1 is 1.14 bits per heavy atom. The highest BCUT2D eigenvalue weighted by Gasteiger charge is 2.17. The molecule has 29 heavy (non-hydrogen) atoms. The van der Waals surface area contributed by atoms with Crippen molar-refractivity contribution in [2.24, 2.45) is 7.05 Å². The summed E-state index contributed by atoms with van der Waals surface area (Å²) in [5.74, 6) is 0.267. The lowest BCUT2D eigenvalue weighted by Crippen LogP contribution is -2.23. The van der Waals surface area contributed by atoms with Gasteiger partial charge >= 0.3 is 0 Å². The Labute approximate surface area is 178 Å². The number of ether oxygens (including phenoxy) is 1. The van der Waals surface area contributed by atoms with Gasteiger partial charge in [-0.25, -0.2) is 4.68 Å². The molecule has 152 valence electrons. The molecule has 0 aliphatic carbocycles. The van der Waals surface area contributed by atoms with Gasteiger partial charge in [0, 0.05) is 18.5 Å². The summed E-state index contributed by atoms with van der Waals surface area (Å²) in [5.41, 5.74) is 1.42. The fourth-order valence-corrected chi connectivity index (χ4v) is 3.38.